The van der Waals surface area contributed by atoms with Gasteiger partial charge in [-0.15, -0.1) is 0 Å². The molecule has 1 aliphatic heterocycles. The molecule has 8 heavy (non-hydrogen) atoms. The van der Waals surface area contributed by atoms with Crippen molar-refractivity contribution in [2.24, 2.45) is 4.99 Å². The van der Waals surface area contributed by atoms with Crippen molar-refractivity contribution in [1.82, 2.24) is 5.32 Å². The van der Waals surface area contributed by atoms with E-state index >= 15 is 0 Å². The molecule has 0 radical (unpaired) electrons. The maximum Gasteiger partial charge on any atom is 0.0871 e. The van der Waals surface area contributed by atoms with E-state index in [-0.39, 0.29) is 6.04 Å². The number of aliphatic imine (C=N–C) groups is 1. The average molecular weight is 131 g/mol. The zero-order chi connectivity index (χ0) is 5.98. The summed E-state index contributed by atoms with van der Waals surface area (Å²) in [6, 6.07) is 0.137. The monoisotopic (exact) mass is 130 g/mol. The lowest BCUT2D eigenvalue weighted by Crippen LogP contribution is -2.13. The van der Waals surface area contributed by atoms with Crippen LogP contribution in [0.5, 0.6) is 0 Å². The fourth-order valence-electron chi connectivity index (χ4n) is 0.464. The summed E-state index contributed by atoms with van der Waals surface area (Å²) in [5.74, 6) is 0. The van der Waals surface area contributed by atoms with E-state index < -0.39 is 0 Å². The molecule has 2 nitrogen and oxygen atoms in total. The summed E-state index contributed by atoms with van der Waals surface area (Å²) in [6.45, 7) is 1.94. The third-order valence-corrected chi connectivity index (χ3v) is 1.42. The smallest absolute Gasteiger partial charge is 0.0871 e. The van der Waals surface area contributed by atoms with Crippen molar-refractivity contribution in [1.29, 1.82) is 0 Å². The van der Waals surface area contributed by atoms with Crippen LogP contribution in [0, 0.1) is 0 Å². The predicted molar refractivity (Wildman–Crippen MR) is 35.0 cm³/mol. The molecule has 44 valence electrons. The molecule has 0 fully saturated rings. The Morgan fingerprint density at radius 2 is 2.62 bits per heavy atom. The van der Waals surface area contributed by atoms with E-state index in [0.717, 1.165) is 5.03 Å². The zero-order valence-corrected chi connectivity index (χ0v) is 5.31. The Labute approximate surface area is 53.3 Å². The maximum absolute atomic E-state index is 5.65. The van der Waals surface area contributed by atoms with Crippen LogP contribution >= 0.6 is 11.6 Å². The van der Waals surface area contributed by atoms with Gasteiger partial charge in [-0.25, -0.2) is 0 Å². The molecule has 0 aliphatic carbocycles. The van der Waals surface area contributed by atoms with Crippen LogP contribution in [0.4, 0.5) is 0 Å². The van der Waals surface area contributed by atoms with Gasteiger partial charge >= 0.3 is 0 Å². The fourth-order valence-corrected chi connectivity index (χ4v) is 0.583. The molecule has 0 saturated carbocycles. The number of hydrogen-bond donors (Lipinski definition) is 1. The lowest BCUT2D eigenvalue weighted by atomic mass is 10.3. The lowest BCUT2D eigenvalue weighted by molar-refractivity contribution is 0.879. The minimum atomic E-state index is 0.137. The third kappa shape index (κ3) is 1.01. The molecule has 1 N–H and O–H groups in total. The SMILES string of the molecule is CC1N=CNC=C1Cl. The summed E-state index contributed by atoms with van der Waals surface area (Å²) < 4.78 is 0. The second kappa shape index (κ2) is 2.18. The van der Waals surface area contributed by atoms with Crippen LogP contribution in [-0.4, -0.2) is 12.4 Å². The van der Waals surface area contributed by atoms with Crippen molar-refractivity contribution in [3.8, 4) is 0 Å². The highest BCUT2D eigenvalue weighted by Gasteiger charge is 2.04. The molecule has 0 aromatic heterocycles. The van der Waals surface area contributed by atoms with Crippen LogP contribution in [0.1, 0.15) is 6.92 Å². The van der Waals surface area contributed by atoms with Gasteiger partial charge in [0.2, 0.25) is 0 Å². The third-order valence-electron chi connectivity index (χ3n) is 0.993. The molecular weight excluding hydrogens is 124 g/mol. The molecule has 1 heterocycles. The van der Waals surface area contributed by atoms with Gasteiger partial charge in [-0.1, -0.05) is 11.6 Å². The van der Waals surface area contributed by atoms with Gasteiger partial charge in [-0.05, 0) is 6.92 Å². The first-order chi connectivity index (χ1) is 3.80. The highest BCUT2D eigenvalue weighted by Crippen LogP contribution is 2.10. The number of hydrogen-bond acceptors (Lipinski definition) is 2. The van der Waals surface area contributed by atoms with E-state index in [1.54, 1.807) is 12.5 Å². The minimum absolute atomic E-state index is 0.137. The van der Waals surface area contributed by atoms with Crippen LogP contribution in [0.15, 0.2) is 16.2 Å². The first-order valence-electron chi connectivity index (χ1n) is 2.44. The van der Waals surface area contributed by atoms with Crippen molar-refractivity contribution >= 4 is 17.9 Å². The second-order valence-corrected chi connectivity index (χ2v) is 2.09. The molecule has 0 amide bonds. The van der Waals surface area contributed by atoms with E-state index in [0.29, 0.717) is 0 Å². The summed E-state index contributed by atoms with van der Waals surface area (Å²) in [5.41, 5.74) is 0. The highest BCUT2D eigenvalue weighted by atomic mass is 35.5. The van der Waals surface area contributed by atoms with Gasteiger partial charge in [0.15, 0.2) is 0 Å². The summed E-state index contributed by atoms with van der Waals surface area (Å²) in [7, 11) is 0. The van der Waals surface area contributed by atoms with E-state index in [1.165, 1.54) is 0 Å². The summed E-state index contributed by atoms with van der Waals surface area (Å²) in [4.78, 5) is 3.97. The van der Waals surface area contributed by atoms with Crippen molar-refractivity contribution in [2.75, 3.05) is 0 Å². The lowest BCUT2D eigenvalue weighted by Gasteiger charge is -2.07. The van der Waals surface area contributed by atoms with Gasteiger partial charge in [0.25, 0.3) is 0 Å². The normalized spacial score (nSPS) is 26.8. The van der Waals surface area contributed by atoms with Gasteiger partial charge in [-0.3, -0.25) is 4.99 Å². The standard InChI is InChI=1S/C5H7ClN2/c1-4-5(6)2-7-3-8-4/h2-4H,1H3,(H,7,8). The van der Waals surface area contributed by atoms with E-state index in [4.69, 9.17) is 11.6 Å². The van der Waals surface area contributed by atoms with Crippen LogP contribution in [0.3, 0.4) is 0 Å². The Kier molecular flexibility index (Phi) is 1.53. The van der Waals surface area contributed by atoms with Crippen LogP contribution in [-0.2, 0) is 0 Å². The first-order valence-corrected chi connectivity index (χ1v) is 2.82. The van der Waals surface area contributed by atoms with Gasteiger partial charge in [0.1, 0.15) is 0 Å². The van der Waals surface area contributed by atoms with E-state index in [1.807, 2.05) is 6.92 Å². The van der Waals surface area contributed by atoms with Crippen LogP contribution < -0.4 is 5.32 Å². The summed E-state index contributed by atoms with van der Waals surface area (Å²) >= 11 is 5.65. The van der Waals surface area contributed by atoms with E-state index in [2.05, 4.69) is 10.3 Å². The molecule has 1 aliphatic rings. The fraction of sp³-hybridized carbons (Fsp3) is 0.400. The number of rotatable bonds is 0. The average Bonchev–Trinajstić information content (AvgIpc) is 1.77. The first kappa shape index (κ1) is 5.63. The van der Waals surface area contributed by atoms with Crippen molar-refractivity contribution < 1.29 is 0 Å². The van der Waals surface area contributed by atoms with Gasteiger partial charge in [-0.2, -0.15) is 0 Å². The Hall–Kier alpha value is -0.500. The Balaban J connectivity index is 2.63. The molecule has 0 saturated heterocycles. The predicted octanol–water partition coefficient (Wildman–Crippen LogP) is 1.09. The Bertz CT molecular complexity index is 139. The Morgan fingerprint density at radius 3 is 3.00 bits per heavy atom. The van der Waals surface area contributed by atoms with Gasteiger partial charge in [0, 0.05) is 6.20 Å². The topological polar surface area (TPSA) is 24.4 Å². The van der Waals surface area contributed by atoms with Crippen LogP contribution in [0.25, 0.3) is 0 Å². The molecule has 1 atom stereocenters. The molecule has 3 heteroatoms. The highest BCUT2D eigenvalue weighted by molar-refractivity contribution is 6.30. The molecule has 0 aromatic carbocycles. The number of nitrogens with one attached hydrogen (secondary N) is 1. The van der Waals surface area contributed by atoms with Crippen molar-refractivity contribution in [3.05, 3.63) is 11.2 Å². The molecular formula is C5H7ClN2. The molecule has 1 unspecified atom stereocenters. The minimum Gasteiger partial charge on any atom is -0.352 e. The molecule has 0 spiro atoms. The largest absolute Gasteiger partial charge is 0.352 e. The summed E-state index contributed by atoms with van der Waals surface area (Å²) in [6.07, 6.45) is 3.37. The number of nitrogens with zero attached hydrogens (tertiary/aromatic N) is 1. The van der Waals surface area contributed by atoms with Crippen molar-refractivity contribution in [2.45, 2.75) is 13.0 Å². The molecule has 0 aromatic rings. The van der Waals surface area contributed by atoms with Gasteiger partial charge in [0.05, 0.1) is 17.4 Å². The second-order valence-electron chi connectivity index (χ2n) is 1.65. The van der Waals surface area contributed by atoms with Crippen LogP contribution in [0.2, 0.25) is 0 Å². The number of halogens is 1. The summed E-state index contributed by atoms with van der Waals surface area (Å²) in [5, 5.41) is 3.54. The zero-order valence-electron chi connectivity index (χ0n) is 4.56. The maximum atomic E-state index is 5.65. The molecule has 0 bridgehead atoms. The Morgan fingerprint density at radius 1 is 1.88 bits per heavy atom. The quantitative estimate of drug-likeness (QED) is 0.522. The van der Waals surface area contributed by atoms with E-state index in [9.17, 15) is 0 Å². The van der Waals surface area contributed by atoms with Crippen molar-refractivity contribution in [3.63, 3.8) is 0 Å². The molecule has 1 rings (SSSR count). The van der Waals surface area contributed by atoms with Gasteiger partial charge < -0.3 is 5.32 Å².